The van der Waals surface area contributed by atoms with Crippen LogP contribution in [0.15, 0.2) is 42.5 Å². The molecule has 0 spiro atoms. The highest BCUT2D eigenvalue weighted by atomic mass is 35.5. The van der Waals surface area contributed by atoms with Crippen molar-refractivity contribution in [2.24, 2.45) is 5.73 Å². The van der Waals surface area contributed by atoms with E-state index in [0.717, 1.165) is 5.56 Å². The highest BCUT2D eigenvalue weighted by Crippen LogP contribution is 2.31. The predicted octanol–water partition coefficient (Wildman–Crippen LogP) is 4.99. The summed E-state index contributed by atoms with van der Waals surface area (Å²) < 4.78 is 19.8. The van der Waals surface area contributed by atoms with Crippen LogP contribution in [0.5, 0.6) is 5.75 Å². The molecule has 0 aliphatic heterocycles. The zero-order valence-corrected chi connectivity index (χ0v) is 13.0. The second kappa shape index (κ2) is 7.12. The van der Waals surface area contributed by atoms with Gasteiger partial charge in [-0.25, -0.2) is 4.39 Å². The molecule has 2 aromatic rings. The number of rotatable bonds is 5. The first kappa shape index (κ1) is 16.1. The average Bonchev–Trinajstić information content (AvgIpc) is 2.48. The Kier molecular flexibility index (Phi) is 5.45. The van der Waals surface area contributed by atoms with E-state index < -0.39 is 11.9 Å². The van der Waals surface area contributed by atoms with Crippen LogP contribution >= 0.6 is 23.2 Å². The minimum absolute atomic E-state index is 0.0161. The first-order chi connectivity index (χ1) is 10.0. The van der Waals surface area contributed by atoms with E-state index in [4.69, 9.17) is 33.7 Å². The van der Waals surface area contributed by atoms with E-state index in [2.05, 4.69) is 0 Å². The van der Waals surface area contributed by atoms with Crippen LogP contribution < -0.4 is 10.5 Å². The van der Waals surface area contributed by atoms with Crippen molar-refractivity contribution in [3.63, 3.8) is 0 Å². The molecule has 0 aliphatic carbocycles. The molecule has 0 bridgehead atoms. The summed E-state index contributed by atoms with van der Waals surface area (Å²) in [5.74, 6) is -0.508. The molecular formula is C16H16Cl2FNO. The fourth-order valence-corrected chi connectivity index (χ4v) is 2.38. The van der Waals surface area contributed by atoms with E-state index in [0.29, 0.717) is 11.4 Å². The van der Waals surface area contributed by atoms with Crippen LogP contribution in [0.2, 0.25) is 10.0 Å². The minimum Gasteiger partial charge on any atom is -0.481 e. The lowest BCUT2D eigenvalue weighted by atomic mass is 10.0. The van der Waals surface area contributed by atoms with Crippen molar-refractivity contribution < 1.29 is 9.13 Å². The molecule has 0 aromatic heterocycles. The predicted molar refractivity (Wildman–Crippen MR) is 84.5 cm³/mol. The Hall–Kier alpha value is -1.29. The van der Waals surface area contributed by atoms with Crippen LogP contribution in [-0.4, -0.2) is 6.04 Å². The lowest BCUT2D eigenvalue weighted by Gasteiger charge is -2.25. The number of halogens is 3. The van der Waals surface area contributed by atoms with Crippen LogP contribution in [0.1, 0.15) is 25.0 Å². The summed E-state index contributed by atoms with van der Waals surface area (Å²) in [4.78, 5) is 0. The number of hydrogen-bond donors (Lipinski definition) is 1. The molecule has 2 nitrogen and oxygen atoms in total. The monoisotopic (exact) mass is 327 g/mol. The molecule has 2 unspecified atom stereocenters. The maximum Gasteiger partial charge on any atom is 0.183 e. The summed E-state index contributed by atoms with van der Waals surface area (Å²) in [7, 11) is 0. The highest BCUT2D eigenvalue weighted by Gasteiger charge is 2.22. The summed E-state index contributed by atoms with van der Waals surface area (Å²) in [5, 5.41) is 0.596. The second-order valence-electron chi connectivity index (χ2n) is 4.72. The molecule has 0 heterocycles. The van der Waals surface area contributed by atoms with E-state index in [1.807, 2.05) is 19.1 Å². The highest BCUT2D eigenvalue weighted by molar-refractivity contribution is 6.31. The summed E-state index contributed by atoms with van der Waals surface area (Å²) in [5.41, 5.74) is 6.91. The SMILES string of the molecule is CCC(N)C(Oc1cccc(Cl)c1F)c1cccc(Cl)c1. The molecule has 5 heteroatoms. The van der Waals surface area contributed by atoms with Crippen molar-refractivity contribution in [2.75, 3.05) is 0 Å². The Balaban J connectivity index is 2.35. The number of benzene rings is 2. The van der Waals surface area contributed by atoms with Crippen LogP contribution in [-0.2, 0) is 0 Å². The summed E-state index contributed by atoms with van der Waals surface area (Å²) in [6.07, 6.45) is 0.181. The molecule has 0 saturated carbocycles. The van der Waals surface area contributed by atoms with Gasteiger partial charge >= 0.3 is 0 Å². The fraction of sp³-hybridized carbons (Fsp3) is 0.250. The van der Waals surface area contributed by atoms with Gasteiger partial charge in [-0.05, 0) is 36.2 Å². The van der Waals surface area contributed by atoms with Gasteiger partial charge in [0.25, 0.3) is 0 Å². The maximum atomic E-state index is 14.0. The Bertz CT molecular complexity index is 621. The number of hydrogen-bond acceptors (Lipinski definition) is 2. The van der Waals surface area contributed by atoms with Crippen LogP contribution in [0.4, 0.5) is 4.39 Å². The van der Waals surface area contributed by atoms with Crippen molar-refractivity contribution in [3.05, 3.63) is 63.9 Å². The van der Waals surface area contributed by atoms with E-state index in [1.54, 1.807) is 18.2 Å². The van der Waals surface area contributed by atoms with Gasteiger partial charge in [-0.3, -0.25) is 0 Å². The molecule has 2 aromatic carbocycles. The van der Waals surface area contributed by atoms with Crippen LogP contribution in [0.25, 0.3) is 0 Å². The van der Waals surface area contributed by atoms with Gasteiger partial charge in [-0.1, -0.05) is 48.3 Å². The molecule has 0 fully saturated rings. The van der Waals surface area contributed by atoms with Gasteiger partial charge in [0.1, 0.15) is 6.10 Å². The minimum atomic E-state index is -0.588. The fourth-order valence-electron chi connectivity index (χ4n) is 2.01. The van der Waals surface area contributed by atoms with Crippen LogP contribution in [0, 0.1) is 5.82 Å². The second-order valence-corrected chi connectivity index (χ2v) is 5.56. The largest absolute Gasteiger partial charge is 0.481 e. The quantitative estimate of drug-likeness (QED) is 0.839. The van der Waals surface area contributed by atoms with Crippen molar-refractivity contribution >= 4 is 23.2 Å². The van der Waals surface area contributed by atoms with Gasteiger partial charge in [-0.2, -0.15) is 0 Å². The molecule has 2 N–H and O–H groups in total. The molecule has 112 valence electrons. The Morgan fingerprint density at radius 2 is 1.90 bits per heavy atom. The standard InChI is InChI=1S/C16H16Cl2FNO/c1-2-13(20)16(10-5-3-6-11(17)9-10)21-14-8-4-7-12(18)15(14)19/h3-9,13,16H,2,20H2,1H3. The van der Waals surface area contributed by atoms with Crippen molar-refractivity contribution in [2.45, 2.75) is 25.5 Å². The molecule has 0 radical (unpaired) electrons. The Morgan fingerprint density at radius 1 is 1.19 bits per heavy atom. The van der Waals surface area contributed by atoms with E-state index in [-0.39, 0.29) is 16.8 Å². The van der Waals surface area contributed by atoms with Crippen molar-refractivity contribution in [1.82, 2.24) is 0 Å². The smallest absolute Gasteiger partial charge is 0.183 e. The van der Waals surface area contributed by atoms with Gasteiger partial charge in [-0.15, -0.1) is 0 Å². The zero-order chi connectivity index (χ0) is 15.4. The summed E-state index contributed by atoms with van der Waals surface area (Å²) in [6, 6.07) is 11.5. The normalized spacial score (nSPS) is 13.8. The lowest BCUT2D eigenvalue weighted by molar-refractivity contribution is 0.164. The Morgan fingerprint density at radius 3 is 2.57 bits per heavy atom. The van der Waals surface area contributed by atoms with Gasteiger partial charge in [0.15, 0.2) is 11.6 Å². The van der Waals surface area contributed by atoms with Gasteiger partial charge in [0, 0.05) is 11.1 Å². The van der Waals surface area contributed by atoms with Crippen molar-refractivity contribution in [1.29, 1.82) is 0 Å². The molecule has 0 aliphatic rings. The molecular weight excluding hydrogens is 312 g/mol. The van der Waals surface area contributed by atoms with Gasteiger partial charge < -0.3 is 10.5 Å². The maximum absolute atomic E-state index is 14.0. The Labute approximate surface area is 133 Å². The van der Waals surface area contributed by atoms with Gasteiger partial charge in [0.2, 0.25) is 0 Å². The molecule has 0 saturated heterocycles. The lowest BCUT2D eigenvalue weighted by Crippen LogP contribution is -2.31. The molecule has 2 atom stereocenters. The molecule has 21 heavy (non-hydrogen) atoms. The third kappa shape index (κ3) is 3.88. The molecule has 2 rings (SSSR count). The first-order valence-corrected chi connectivity index (χ1v) is 7.40. The van der Waals surface area contributed by atoms with Gasteiger partial charge in [0.05, 0.1) is 5.02 Å². The summed E-state index contributed by atoms with van der Waals surface area (Å²) in [6.45, 7) is 1.94. The third-order valence-corrected chi connectivity index (χ3v) is 3.73. The zero-order valence-electron chi connectivity index (χ0n) is 11.5. The number of ether oxygens (including phenoxy) is 1. The third-order valence-electron chi connectivity index (χ3n) is 3.21. The summed E-state index contributed by atoms with van der Waals surface area (Å²) >= 11 is 11.8. The van der Waals surface area contributed by atoms with E-state index in [1.165, 1.54) is 12.1 Å². The van der Waals surface area contributed by atoms with E-state index >= 15 is 0 Å². The number of nitrogens with two attached hydrogens (primary N) is 1. The topological polar surface area (TPSA) is 35.2 Å². The first-order valence-electron chi connectivity index (χ1n) is 6.64. The van der Waals surface area contributed by atoms with Crippen molar-refractivity contribution in [3.8, 4) is 5.75 Å². The average molecular weight is 328 g/mol. The van der Waals surface area contributed by atoms with Crippen LogP contribution in [0.3, 0.4) is 0 Å². The van der Waals surface area contributed by atoms with E-state index in [9.17, 15) is 4.39 Å². The molecule has 0 amide bonds.